The van der Waals surface area contributed by atoms with Gasteiger partial charge < -0.3 is 10.1 Å². The minimum Gasteiger partial charge on any atom is -0.492 e. The average molecular weight is 473 g/mol. The smallest absolute Gasteiger partial charge is 0.328 e. The molecule has 1 aliphatic rings. The first-order valence-corrected chi connectivity index (χ1v) is 12.5. The van der Waals surface area contributed by atoms with Crippen LogP contribution in [-0.2, 0) is 28.4 Å². The number of rotatable bonds is 8. The van der Waals surface area contributed by atoms with Crippen molar-refractivity contribution in [3.05, 3.63) is 52.9 Å². The first kappa shape index (κ1) is 23.1. The quantitative estimate of drug-likeness (QED) is 0.543. The van der Waals surface area contributed by atoms with E-state index in [1.807, 2.05) is 24.3 Å². The van der Waals surface area contributed by atoms with Gasteiger partial charge in [-0.3, -0.25) is 13.9 Å². The Labute approximate surface area is 192 Å². The van der Waals surface area contributed by atoms with Gasteiger partial charge in [0.1, 0.15) is 10.6 Å². The molecule has 1 N–H and O–H groups in total. The molecule has 0 aliphatic carbocycles. The Morgan fingerprint density at radius 2 is 1.79 bits per heavy atom. The SMILES string of the molecule is CCOc1ccc(NC(=O)CCn2c(=O)n(C)c3ccccc32)cc1S(=O)(=O)N1CCCC1. The largest absolute Gasteiger partial charge is 0.492 e. The van der Waals surface area contributed by atoms with Gasteiger partial charge >= 0.3 is 5.69 Å². The number of carbonyl (C=O) groups is 1. The third-order valence-corrected chi connectivity index (χ3v) is 7.74. The van der Waals surface area contributed by atoms with Crippen molar-refractivity contribution in [3.63, 3.8) is 0 Å². The van der Waals surface area contributed by atoms with Gasteiger partial charge in [0.25, 0.3) is 0 Å². The van der Waals surface area contributed by atoms with Gasteiger partial charge in [0, 0.05) is 38.8 Å². The van der Waals surface area contributed by atoms with Crippen LogP contribution in [0.1, 0.15) is 26.2 Å². The fraction of sp³-hybridized carbons (Fsp3) is 0.391. The first-order valence-electron chi connectivity index (χ1n) is 11.0. The minimum absolute atomic E-state index is 0.0503. The number of aryl methyl sites for hydroxylation is 2. The van der Waals surface area contributed by atoms with E-state index in [2.05, 4.69) is 5.32 Å². The van der Waals surface area contributed by atoms with Crippen LogP contribution in [0.2, 0.25) is 0 Å². The number of imidazole rings is 1. The monoisotopic (exact) mass is 472 g/mol. The van der Waals surface area contributed by atoms with Crippen molar-refractivity contribution in [1.29, 1.82) is 0 Å². The summed E-state index contributed by atoms with van der Waals surface area (Å²) in [5, 5.41) is 2.76. The molecule has 1 aromatic heterocycles. The van der Waals surface area contributed by atoms with E-state index in [0.29, 0.717) is 25.4 Å². The molecule has 2 heterocycles. The molecule has 33 heavy (non-hydrogen) atoms. The number of para-hydroxylation sites is 2. The van der Waals surface area contributed by atoms with E-state index in [1.165, 1.54) is 10.4 Å². The highest BCUT2D eigenvalue weighted by atomic mass is 32.2. The number of amides is 1. The van der Waals surface area contributed by atoms with E-state index in [4.69, 9.17) is 4.74 Å². The third-order valence-electron chi connectivity index (χ3n) is 5.82. The van der Waals surface area contributed by atoms with Crippen molar-refractivity contribution >= 4 is 32.7 Å². The fourth-order valence-corrected chi connectivity index (χ4v) is 5.82. The number of sulfonamides is 1. The first-order chi connectivity index (χ1) is 15.8. The minimum atomic E-state index is -3.72. The van der Waals surface area contributed by atoms with Crippen molar-refractivity contribution < 1.29 is 17.9 Å². The second-order valence-corrected chi connectivity index (χ2v) is 9.89. The van der Waals surface area contributed by atoms with E-state index >= 15 is 0 Å². The van der Waals surface area contributed by atoms with Crippen LogP contribution in [0.4, 0.5) is 5.69 Å². The molecule has 4 rings (SSSR count). The summed E-state index contributed by atoms with van der Waals surface area (Å²) in [4.78, 5) is 25.2. The number of fused-ring (bicyclic) bond motifs is 1. The molecule has 0 spiro atoms. The zero-order valence-corrected chi connectivity index (χ0v) is 19.6. The number of benzene rings is 2. The molecule has 9 nitrogen and oxygen atoms in total. The number of carbonyl (C=O) groups excluding carboxylic acids is 1. The van der Waals surface area contributed by atoms with E-state index in [9.17, 15) is 18.0 Å². The summed E-state index contributed by atoms with van der Waals surface area (Å²) in [5.41, 5.74) is 1.74. The van der Waals surface area contributed by atoms with Crippen LogP contribution in [0, 0.1) is 0 Å². The highest BCUT2D eigenvalue weighted by Gasteiger charge is 2.30. The maximum absolute atomic E-state index is 13.1. The third kappa shape index (κ3) is 4.53. The molecule has 0 unspecified atom stereocenters. The molecule has 3 aromatic rings. The Bertz CT molecular complexity index is 1340. The maximum Gasteiger partial charge on any atom is 0.328 e. The summed E-state index contributed by atoms with van der Waals surface area (Å²) in [6.07, 6.45) is 1.72. The lowest BCUT2D eigenvalue weighted by molar-refractivity contribution is -0.116. The predicted molar refractivity (Wildman–Crippen MR) is 126 cm³/mol. The van der Waals surface area contributed by atoms with Crippen LogP contribution in [-0.4, -0.2) is 47.5 Å². The summed E-state index contributed by atoms with van der Waals surface area (Å²) in [6, 6.07) is 12.0. The van der Waals surface area contributed by atoms with Crippen molar-refractivity contribution in [3.8, 4) is 5.75 Å². The molecule has 0 atom stereocenters. The van der Waals surface area contributed by atoms with Crippen molar-refractivity contribution in [2.24, 2.45) is 7.05 Å². The van der Waals surface area contributed by atoms with Gasteiger partial charge in [0.2, 0.25) is 15.9 Å². The second kappa shape index (κ2) is 9.40. The number of nitrogens with zero attached hydrogens (tertiary/aromatic N) is 3. The van der Waals surface area contributed by atoms with E-state index in [0.717, 1.165) is 23.9 Å². The summed E-state index contributed by atoms with van der Waals surface area (Å²) >= 11 is 0. The summed E-state index contributed by atoms with van der Waals surface area (Å²) in [5.74, 6) is -0.0479. The number of ether oxygens (including phenoxy) is 1. The van der Waals surface area contributed by atoms with Crippen LogP contribution >= 0.6 is 0 Å². The molecular formula is C23H28N4O5S. The average Bonchev–Trinajstić information content (AvgIpc) is 3.43. The van der Waals surface area contributed by atoms with Gasteiger partial charge in [0.05, 0.1) is 17.6 Å². The Hall–Kier alpha value is -3.11. The molecule has 1 saturated heterocycles. The lowest BCUT2D eigenvalue weighted by Gasteiger charge is -2.19. The van der Waals surface area contributed by atoms with Crippen LogP contribution in [0.3, 0.4) is 0 Å². The predicted octanol–water partition coefficient (Wildman–Crippen LogP) is 2.55. The van der Waals surface area contributed by atoms with Crippen molar-refractivity contribution in [1.82, 2.24) is 13.4 Å². The second-order valence-electron chi connectivity index (χ2n) is 7.99. The zero-order chi connectivity index (χ0) is 23.6. The molecule has 1 fully saturated rings. The number of nitrogens with one attached hydrogen (secondary N) is 1. The van der Waals surface area contributed by atoms with Crippen LogP contribution in [0.25, 0.3) is 11.0 Å². The molecule has 0 bridgehead atoms. The van der Waals surface area contributed by atoms with Gasteiger partial charge in [-0.15, -0.1) is 0 Å². The Kier molecular flexibility index (Phi) is 6.57. The van der Waals surface area contributed by atoms with Crippen molar-refractivity contribution in [2.45, 2.75) is 37.6 Å². The molecule has 1 aliphatic heterocycles. The molecule has 176 valence electrons. The Balaban J connectivity index is 1.53. The number of aromatic nitrogens is 2. The Morgan fingerprint density at radius 1 is 1.09 bits per heavy atom. The molecule has 10 heteroatoms. The standard InChI is InChI=1S/C23H28N4O5S/c1-3-32-20-11-10-17(16-21(20)33(30,31)26-13-6-7-14-26)24-22(28)12-15-27-19-9-5-4-8-18(19)25(2)23(27)29/h4-5,8-11,16H,3,6-7,12-15H2,1-2H3,(H,24,28). The lowest BCUT2D eigenvalue weighted by Crippen LogP contribution is -2.28. The number of hydrogen-bond acceptors (Lipinski definition) is 5. The van der Waals surface area contributed by atoms with Crippen LogP contribution < -0.4 is 15.7 Å². The number of hydrogen-bond donors (Lipinski definition) is 1. The maximum atomic E-state index is 13.1. The highest BCUT2D eigenvalue weighted by Crippen LogP contribution is 2.31. The lowest BCUT2D eigenvalue weighted by atomic mass is 10.2. The molecule has 1 amide bonds. The highest BCUT2D eigenvalue weighted by molar-refractivity contribution is 7.89. The van der Waals surface area contributed by atoms with Gasteiger partial charge in [0.15, 0.2) is 0 Å². The summed E-state index contributed by atoms with van der Waals surface area (Å²) in [6.45, 7) is 3.28. The van der Waals surface area contributed by atoms with E-state index in [-0.39, 0.29) is 35.2 Å². The molecular weight excluding hydrogens is 444 g/mol. The number of anilines is 1. The molecule has 0 radical (unpaired) electrons. The summed E-state index contributed by atoms with van der Waals surface area (Å²) < 4.78 is 36.4. The van der Waals surface area contributed by atoms with Crippen molar-refractivity contribution in [2.75, 3.05) is 25.0 Å². The fourth-order valence-electron chi connectivity index (χ4n) is 4.15. The van der Waals surface area contributed by atoms with Crippen LogP contribution in [0.15, 0.2) is 52.2 Å². The Morgan fingerprint density at radius 3 is 2.48 bits per heavy atom. The van der Waals surface area contributed by atoms with Gasteiger partial charge in [-0.05, 0) is 50.1 Å². The van der Waals surface area contributed by atoms with Crippen LogP contribution in [0.5, 0.6) is 5.75 Å². The molecule has 0 saturated carbocycles. The van der Waals surface area contributed by atoms with E-state index < -0.39 is 10.0 Å². The van der Waals surface area contributed by atoms with Gasteiger partial charge in [-0.25, -0.2) is 13.2 Å². The summed E-state index contributed by atoms with van der Waals surface area (Å²) in [7, 11) is -2.03. The zero-order valence-electron chi connectivity index (χ0n) is 18.8. The van der Waals surface area contributed by atoms with Gasteiger partial charge in [-0.1, -0.05) is 12.1 Å². The van der Waals surface area contributed by atoms with E-state index in [1.54, 1.807) is 35.2 Å². The normalized spacial score (nSPS) is 14.6. The topological polar surface area (TPSA) is 103 Å². The van der Waals surface area contributed by atoms with Gasteiger partial charge in [-0.2, -0.15) is 4.31 Å². The molecule has 2 aromatic carbocycles.